The molecule has 0 radical (unpaired) electrons. The molecule has 3 N–H and O–H groups in total. The Labute approximate surface area is 174 Å². The number of halogens is 1. The minimum Gasteiger partial charge on any atom is -0.430 e. The number of amides is 2. The van der Waals surface area contributed by atoms with Gasteiger partial charge < -0.3 is 15.8 Å². The van der Waals surface area contributed by atoms with Crippen LogP contribution in [0.5, 0.6) is 0 Å². The van der Waals surface area contributed by atoms with Gasteiger partial charge in [-0.1, -0.05) is 45.0 Å². The van der Waals surface area contributed by atoms with Crippen LogP contribution in [0.25, 0.3) is 11.1 Å². The van der Waals surface area contributed by atoms with Gasteiger partial charge >= 0.3 is 6.09 Å². The maximum Gasteiger partial charge on any atom is 0.405 e. The van der Waals surface area contributed by atoms with Gasteiger partial charge in [-0.2, -0.15) is 5.26 Å². The summed E-state index contributed by atoms with van der Waals surface area (Å²) in [4.78, 5) is 23.2. The summed E-state index contributed by atoms with van der Waals surface area (Å²) in [7, 11) is 0. The summed E-state index contributed by atoms with van der Waals surface area (Å²) in [5.41, 5.74) is 7.81. The van der Waals surface area contributed by atoms with Crippen LogP contribution < -0.4 is 11.1 Å². The van der Waals surface area contributed by atoms with Crippen LogP contribution in [-0.4, -0.2) is 24.6 Å². The van der Waals surface area contributed by atoms with Crippen LogP contribution in [0.2, 0.25) is 0 Å². The highest BCUT2D eigenvalue weighted by atomic mass is 19.1. The van der Waals surface area contributed by atoms with Crippen molar-refractivity contribution in [2.24, 2.45) is 11.1 Å². The predicted octanol–water partition coefficient (Wildman–Crippen LogP) is 3.90. The zero-order valence-electron chi connectivity index (χ0n) is 17.2. The molecule has 6 nitrogen and oxygen atoms in total. The van der Waals surface area contributed by atoms with Crippen molar-refractivity contribution in [2.75, 3.05) is 6.54 Å². The molecule has 2 amide bonds. The largest absolute Gasteiger partial charge is 0.430 e. The molecule has 156 valence electrons. The van der Waals surface area contributed by atoms with Gasteiger partial charge in [0.2, 0.25) is 0 Å². The second-order valence-corrected chi connectivity index (χ2v) is 8.44. The van der Waals surface area contributed by atoms with E-state index in [0.717, 1.165) is 17.5 Å². The molecule has 1 unspecified atom stereocenters. The van der Waals surface area contributed by atoms with Gasteiger partial charge in [0, 0.05) is 18.0 Å². The van der Waals surface area contributed by atoms with Crippen molar-refractivity contribution in [1.82, 2.24) is 5.32 Å². The van der Waals surface area contributed by atoms with Crippen molar-refractivity contribution in [2.45, 2.75) is 39.2 Å². The molecule has 0 aromatic heterocycles. The number of ether oxygens (including phenoxy) is 1. The van der Waals surface area contributed by atoms with E-state index in [4.69, 9.17) is 10.5 Å². The Balaban J connectivity index is 2.00. The molecule has 2 aromatic rings. The molecule has 0 fully saturated rings. The number of nitrogens with one attached hydrogen (secondary N) is 1. The summed E-state index contributed by atoms with van der Waals surface area (Å²) in [6, 6.07) is 12.1. The van der Waals surface area contributed by atoms with Crippen LogP contribution in [0.1, 0.15) is 48.2 Å². The third-order valence-corrected chi connectivity index (χ3v) is 5.30. The summed E-state index contributed by atoms with van der Waals surface area (Å²) < 4.78 is 20.2. The maximum absolute atomic E-state index is 15.2. The molecule has 0 aliphatic carbocycles. The molecule has 1 aliphatic heterocycles. The number of hydrogen-bond acceptors (Lipinski definition) is 4. The Hall–Kier alpha value is -3.40. The van der Waals surface area contributed by atoms with Crippen molar-refractivity contribution in [1.29, 1.82) is 5.26 Å². The molecule has 1 heterocycles. The minimum absolute atomic E-state index is 0.102. The molecule has 2 atom stereocenters. The van der Waals surface area contributed by atoms with E-state index in [-0.39, 0.29) is 11.5 Å². The first-order valence-corrected chi connectivity index (χ1v) is 9.68. The van der Waals surface area contributed by atoms with E-state index in [2.05, 4.69) is 5.32 Å². The smallest absolute Gasteiger partial charge is 0.405 e. The normalized spacial score (nSPS) is 15.4. The summed E-state index contributed by atoms with van der Waals surface area (Å²) in [5, 5.41) is 12.3. The van der Waals surface area contributed by atoms with Crippen molar-refractivity contribution < 1.29 is 18.7 Å². The van der Waals surface area contributed by atoms with Crippen LogP contribution in [0.15, 0.2) is 36.4 Å². The number of fused-ring (bicyclic) bond motifs is 1. The lowest BCUT2D eigenvalue weighted by atomic mass is 9.73. The van der Waals surface area contributed by atoms with E-state index in [1.165, 1.54) is 6.07 Å². The molecule has 0 bridgehead atoms. The van der Waals surface area contributed by atoms with E-state index in [9.17, 15) is 14.9 Å². The lowest BCUT2D eigenvalue weighted by Crippen LogP contribution is -2.35. The summed E-state index contributed by atoms with van der Waals surface area (Å²) >= 11 is 0. The van der Waals surface area contributed by atoms with E-state index in [1.807, 2.05) is 32.9 Å². The first kappa shape index (κ1) is 21.3. The Morgan fingerprint density at radius 2 is 1.90 bits per heavy atom. The number of benzene rings is 2. The van der Waals surface area contributed by atoms with Crippen LogP contribution >= 0.6 is 0 Å². The van der Waals surface area contributed by atoms with Gasteiger partial charge in [0.05, 0.1) is 0 Å². The summed E-state index contributed by atoms with van der Waals surface area (Å²) in [6.07, 6.45) is -1.58. The summed E-state index contributed by atoms with van der Waals surface area (Å²) in [5.74, 6) is -1.32. The lowest BCUT2D eigenvalue weighted by Gasteiger charge is -2.33. The molecule has 2 aromatic carbocycles. The molecule has 1 aliphatic rings. The molecule has 3 rings (SSSR count). The van der Waals surface area contributed by atoms with Crippen LogP contribution in [0.3, 0.4) is 0 Å². The highest BCUT2D eigenvalue weighted by Gasteiger charge is 2.38. The van der Waals surface area contributed by atoms with Gasteiger partial charge in [-0.25, -0.2) is 9.18 Å². The molecule has 0 spiro atoms. The average Bonchev–Trinajstić information content (AvgIpc) is 2.67. The minimum atomic E-state index is -1.22. The SMILES string of the molecule is CC(C)(C)C(c1ccc(-c2ccc3c(c2)CCNC3=O)cc1F)[C@@H](C#N)OC(N)=O. The third-order valence-electron chi connectivity index (χ3n) is 5.30. The zero-order valence-corrected chi connectivity index (χ0v) is 17.2. The number of rotatable bonds is 4. The molecule has 0 saturated heterocycles. The van der Waals surface area contributed by atoms with E-state index in [1.54, 1.807) is 24.3 Å². The van der Waals surface area contributed by atoms with Crippen molar-refractivity contribution in [3.05, 3.63) is 58.9 Å². The molecular weight excluding hydrogens is 385 g/mol. The second-order valence-electron chi connectivity index (χ2n) is 8.44. The zero-order chi connectivity index (χ0) is 22.1. The summed E-state index contributed by atoms with van der Waals surface area (Å²) in [6.45, 7) is 6.10. The number of primary amides is 1. The fourth-order valence-electron chi connectivity index (χ4n) is 3.94. The Kier molecular flexibility index (Phi) is 5.79. The Morgan fingerprint density at radius 3 is 2.50 bits per heavy atom. The number of nitrogens with zero attached hydrogens (tertiary/aromatic N) is 1. The molecule has 0 saturated carbocycles. The number of carbonyl (C=O) groups is 2. The van der Waals surface area contributed by atoms with E-state index >= 15 is 4.39 Å². The van der Waals surface area contributed by atoms with Gasteiger partial charge in [0.25, 0.3) is 5.91 Å². The van der Waals surface area contributed by atoms with E-state index in [0.29, 0.717) is 17.7 Å². The van der Waals surface area contributed by atoms with Crippen LogP contribution in [-0.2, 0) is 11.2 Å². The van der Waals surface area contributed by atoms with Gasteiger partial charge in [-0.05, 0) is 46.2 Å². The standard InChI is InChI=1S/C23H24FN3O3/c1-23(2,3)20(19(12-25)30-22(26)29)17-7-5-14(11-18(17)24)13-4-6-16-15(10-13)8-9-27-21(16)28/h4-7,10-11,19-20H,8-9H2,1-3H3,(H2,26,29)(H,27,28)/t19-,20?/m1/s1. The molecule has 7 heteroatoms. The quantitative estimate of drug-likeness (QED) is 0.799. The first-order valence-electron chi connectivity index (χ1n) is 9.68. The highest BCUT2D eigenvalue weighted by Crippen LogP contribution is 2.41. The fraction of sp³-hybridized carbons (Fsp3) is 0.348. The average molecular weight is 409 g/mol. The molecular formula is C23H24FN3O3. The number of hydrogen-bond donors (Lipinski definition) is 2. The predicted molar refractivity (Wildman–Crippen MR) is 110 cm³/mol. The van der Waals surface area contributed by atoms with E-state index < -0.39 is 29.3 Å². The molecule has 30 heavy (non-hydrogen) atoms. The fourth-order valence-corrected chi connectivity index (χ4v) is 3.94. The van der Waals surface area contributed by atoms with Crippen molar-refractivity contribution in [3.63, 3.8) is 0 Å². The third kappa shape index (κ3) is 4.28. The van der Waals surface area contributed by atoms with Crippen LogP contribution in [0, 0.1) is 22.6 Å². The number of carbonyl (C=O) groups excluding carboxylic acids is 2. The first-order chi connectivity index (χ1) is 14.1. The maximum atomic E-state index is 15.2. The van der Waals surface area contributed by atoms with Gasteiger partial charge in [-0.3, -0.25) is 4.79 Å². The van der Waals surface area contributed by atoms with Gasteiger partial charge in [-0.15, -0.1) is 0 Å². The van der Waals surface area contributed by atoms with Crippen molar-refractivity contribution >= 4 is 12.0 Å². The lowest BCUT2D eigenvalue weighted by molar-refractivity contribution is 0.0885. The number of nitrogens with two attached hydrogens (primary N) is 1. The van der Waals surface area contributed by atoms with Gasteiger partial charge in [0.1, 0.15) is 11.9 Å². The number of nitriles is 1. The topological polar surface area (TPSA) is 105 Å². The Bertz CT molecular complexity index is 1040. The Morgan fingerprint density at radius 1 is 1.23 bits per heavy atom. The monoisotopic (exact) mass is 409 g/mol. The van der Waals surface area contributed by atoms with Gasteiger partial charge in [0.15, 0.2) is 6.10 Å². The van der Waals surface area contributed by atoms with Crippen LogP contribution in [0.4, 0.5) is 9.18 Å². The highest BCUT2D eigenvalue weighted by molar-refractivity contribution is 5.97. The second kappa shape index (κ2) is 8.15. The van der Waals surface area contributed by atoms with Crippen molar-refractivity contribution in [3.8, 4) is 17.2 Å².